The van der Waals surface area contributed by atoms with Crippen LogP contribution in [0.15, 0.2) is 12.5 Å². The molecule has 0 aliphatic rings. The van der Waals surface area contributed by atoms with Crippen LogP contribution in [0.2, 0.25) is 0 Å². The molecule has 0 radical (unpaired) electrons. The third-order valence-electron chi connectivity index (χ3n) is 5.18. The average molecular weight is 497 g/mol. The summed E-state index contributed by atoms with van der Waals surface area (Å²) < 4.78 is 0. The first-order valence-corrected chi connectivity index (χ1v) is 11.4. The van der Waals surface area contributed by atoms with Crippen molar-refractivity contribution < 1.29 is 34.2 Å². The number of nitrogens with two attached hydrogens (primary N) is 1. The lowest BCUT2D eigenvalue weighted by atomic mass is 9.99. The van der Waals surface area contributed by atoms with Crippen LogP contribution in [-0.4, -0.2) is 74.0 Å². The number of nitrogens with zero attached hydrogens (tertiary/aromatic N) is 1. The number of amides is 3. The summed E-state index contributed by atoms with van der Waals surface area (Å²) in [5.41, 5.74) is 6.51. The van der Waals surface area contributed by atoms with Crippen LogP contribution in [0.3, 0.4) is 0 Å². The number of carboxylic acid groups (broad SMARTS) is 2. The van der Waals surface area contributed by atoms with Gasteiger partial charge in [0.15, 0.2) is 0 Å². The number of aromatic nitrogens is 2. The smallest absolute Gasteiger partial charge is 0.326 e. The fourth-order valence-electron chi connectivity index (χ4n) is 3.28. The predicted octanol–water partition coefficient (Wildman–Crippen LogP) is -0.615. The molecule has 3 amide bonds. The van der Waals surface area contributed by atoms with Gasteiger partial charge in [-0.05, 0) is 24.7 Å². The predicted molar refractivity (Wildman–Crippen MR) is 125 cm³/mol. The Morgan fingerprint density at radius 2 is 1.57 bits per heavy atom. The second kappa shape index (κ2) is 14.0. The zero-order valence-electron chi connectivity index (χ0n) is 20.4. The van der Waals surface area contributed by atoms with Crippen LogP contribution in [0.5, 0.6) is 0 Å². The van der Waals surface area contributed by atoms with E-state index < -0.39 is 66.2 Å². The van der Waals surface area contributed by atoms with Gasteiger partial charge in [-0.1, -0.05) is 27.7 Å². The molecule has 35 heavy (non-hydrogen) atoms. The standard InChI is InChI=1S/C22H36N6O7/c1-11(2)7-16(21(33)28-18(12(3)4)22(34)35)27-20(32)15(5-6-17(29)30)26-19(31)14(23)8-13-9-24-10-25-13/h9-12,14-16,18H,5-8,23H2,1-4H3,(H,24,25)(H,26,31)(H,27,32)(H,28,33)(H,29,30)(H,34,35). The summed E-state index contributed by atoms with van der Waals surface area (Å²) in [4.78, 5) is 67.6. The minimum absolute atomic E-state index is 0.0386. The highest BCUT2D eigenvalue weighted by molar-refractivity contribution is 5.94. The average Bonchev–Trinajstić information content (AvgIpc) is 3.25. The molecule has 196 valence electrons. The number of hydrogen-bond acceptors (Lipinski definition) is 7. The van der Waals surface area contributed by atoms with Crippen LogP contribution in [-0.2, 0) is 30.4 Å². The first kappa shape index (κ1) is 29.6. The van der Waals surface area contributed by atoms with Gasteiger partial charge >= 0.3 is 11.9 Å². The van der Waals surface area contributed by atoms with E-state index in [9.17, 15) is 29.1 Å². The maximum absolute atomic E-state index is 13.0. The highest BCUT2D eigenvalue weighted by Gasteiger charge is 2.32. The largest absolute Gasteiger partial charge is 0.481 e. The van der Waals surface area contributed by atoms with E-state index in [1.165, 1.54) is 12.5 Å². The molecule has 0 saturated carbocycles. The highest BCUT2D eigenvalue weighted by atomic mass is 16.4. The zero-order valence-corrected chi connectivity index (χ0v) is 20.4. The van der Waals surface area contributed by atoms with Crippen molar-refractivity contribution in [3.63, 3.8) is 0 Å². The quantitative estimate of drug-likeness (QED) is 0.164. The number of carbonyl (C=O) groups is 5. The Labute approximate surface area is 203 Å². The number of aliphatic carboxylic acids is 2. The number of imidazole rings is 1. The lowest BCUT2D eigenvalue weighted by Gasteiger charge is -2.26. The molecule has 8 N–H and O–H groups in total. The summed E-state index contributed by atoms with van der Waals surface area (Å²) in [6.45, 7) is 6.92. The molecular formula is C22H36N6O7. The molecule has 1 aromatic rings. The Morgan fingerprint density at radius 1 is 0.971 bits per heavy atom. The number of aromatic amines is 1. The van der Waals surface area contributed by atoms with E-state index in [2.05, 4.69) is 25.9 Å². The van der Waals surface area contributed by atoms with E-state index in [1.807, 2.05) is 13.8 Å². The van der Waals surface area contributed by atoms with Crippen molar-refractivity contribution in [1.82, 2.24) is 25.9 Å². The molecular weight excluding hydrogens is 460 g/mol. The van der Waals surface area contributed by atoms with E-state index in [0.717, 1.165) is 0 Å². The van der Waals surface area contributed by atoms with Gasteiger partial charge in [0.2, 0.25) is 17.7 Å². The monoisotopic (exact) mass is 496 g/mol. The number of carbonyl (C=O) groups excluding carboxylic acids is 3. The molecule has 0 bridgehead atoms. The van der Waals surface area contributed by atoms with Crippen LogP contribution in [0.25, 0.3) is 0 Å². The van der Waals surface area contributed by atoms with Crippen LogP contribution < -0.4 is 21.7 Å². The Hall–Kier alpha value is -3.48. The van der Waals surface area contributed by atoms with Crippen LogP contribution in [0, 0.1) is 11.8 Å². The van der Waals surface area contributed by atoms with Crippen molar-refractivity contribution in [3.8, 4) is 0 Å². The molecule has 0 aromatic carbocycles. The Balaban J connectivity index is 2.98. The molecule has 4 atom stereocenters. The van der Waals surface area contributed by atoms with Crippen LogP contribution >= 0.6 is 0 Å². The summed E-state index contributed by atoms with van der Waals surface area (Å²) in [7, 11) is 0. The van der Waals surface area contributed by atoms with Crippen molar-refractivity contribution in [3.05, 3.63) is 18.2 Å². The number of hydrogen-bond donors (Lipinski definition) is 7. The third kappa shape index (κ3) is 10.5. The molecule has 0 aliphatic carbocycles. The number of rotatable bonds is 15. The van der Waals surface area contributed by atoms with Crippen LogP contribution in [0.1, 0.15) is 52.7 Å². The first-order valence-electron chi connectivity index (χ1n) is 11.4. The van der Waals surface area contributed by atoms with Gasteiger partial charge in [-0.3, -0.25) is 19.2 Å². The van der Waals surface area contributed by atoms with Gasteiger partial charge in [-0.15, -0.1) is 0 Å². The minimum Gasteiger partial charge on any atom is -0.481 e. The molecule has 0 saturated heterocycles. The topological polar surface area (TPSA) is 217 Å². The molecule has 4 unspecified atom stereocenters. The molecule has 0 fully saturated rings. The minimum atomic E-state index is -1.27. The molecule has 0 spiro atoms. The van der Waals surface area contributed by atoms with Gasteiger partial charge < -0.3 is 36.9 Å². The maximum atomic E-state index is 13.0. The van der Waals surface area contributed by atoms with Gasteiger partial charge in [0.05, 0.1) is 12.4 Å². The summed E-state index contributed by atoms with van der Waals surface area (Å²) in [6.07, 6.45) is 2.59. The van der Waals surface area contributed by atoms with Crippen molar-refractivity contribution in [2.24, 2.45) is 17.6 Å². The van der Waals surface area contributed by atoms with E-state index in [-0.39, 0.29) is 25.2 Å². The summed E-state index contributed by atoms with van der Waals surface area (Å²) in [5, 5.41) is 25.9. The fourth-order valence-corrected chi connectivity index (χ4v) is 3.28. The molecule has 1 heterocycles. The molecule has 13 nitrogen and oxygen atoms in total. The molecule has 13 heteroatoms. The number of H-pyrrole nitrogens is 1. The van der Waals surface area contributed by atoms with Gasteiger partial charge in [0, 0.05) is 24.7 Å². The van der Waals surface area contributed by atoms with Crippen molar-refractivity contribution in [1.29, 1.82) is 0 Å². The molecule has 1 aromatic heterocycles. The molecule has 1 rings (SSSR count). The Morgan fingerprint density at radius 3 is 2.06 bits per heavy atom. The maximum Gasteiger partial charge on any atom is 0.326 e. The lowest BCUT2D eigenvalue weighted by molar-refractivity contribution is -0.143. The lowest BCUT2D eigenvalue weighted by Crippen LogP contribution is -2.58. The number of carboxylic acids is 2. The first-order chi connectivity index (χ1) is 16.3. The summed E-state index contributed by atoms with van der Waals surface area (Å²) in [6, 6.07) is -4.55. The third-order valence-corrected chi connectivity index (χ3v) is 5.18. The second-order valence-corrected chi connectivity index (χ2v) is 9.14. The van der Waals surface area contributed by atoms with Gasteiger partial charge in [0.1, 0.15) is 18.1 Å². The second-order valence-electron chi connectivity index (χ2n) is 9.14. The van der Waals surface area contributed by atoms with Gasteiger partial charge in [0.25, 0.3) is 0 Å². The van der Waals surface area contributed by atoms with E-state index >= 15 is 0 Å². The SMILES string of the molecule is CC(C)CC(NC(=O)C(CCC(=O)O)NC(=O)C(N)Cc1cnc[nH]1)C(=O)NC(C(=O)O)C(C)C. The Bertz CT molecular complexity index is 872. The van der Waals surface area contributed by atoms with Crippen molar-refractivity contribution >= 4 is 29.7 Å². The van der Waals surface area contributed by atoms with Crippen molar-refractivity contribution in [2.75, 3.05) is 0 Å². The molecule has 0 aliphatic heterocycles. The summed E-state index contributed by atoms with van der Waals surface area (Å²) >= 11 is 0. The summed E-state index contributed by atoms with van der Waals surface area (Å²) in [5.74, 6) is -4.95. The highest BCUT2D eigenvalue weighted by Crippen LogP contribution is 2.09. The van der Waals surface area contributed by atoms with E-state index in [1.54, 1.807) is 13.8 Å². The zero-order chi connectivity index (χ0) is 26.7. The van der Waals surface area contributed by atoms with E-state index in [0.29, 0.717) is 5.69 Å². The van der Waals surface area contributed by atoms with Gasteiger partial charge in [-0.2, -0.15) is 0 Å². The van der Waals surface area contributed by atoms with E-state index in [4.69, 9.17) is 10.8 Å². The fraction of sp³-hybridized carbons (Fsp3) is 0.636. The van der Waals surface area contributed by atoms with Crippen molar-refractivity contribution in [2.45, 2.75) is 77.5 Å². The Kier molecular flexibility index (Phi) is 11.9. The normalized spacial score (nSPS) is 14.6. The van der Waals surface area contributed by atoms with Gasteiger partial charge in [-0.25, -0.2) is 9.78 Å². The van der Waals surface area contributed by atoms with Crippen LogP contribution in [0.4, 0.5) is 0 Å². The number of nitrogens with one attached hydrogen (secondary N) is 4.